The molecule has 0 fully saturated rings. The molecule has 0 radical (unpaired) electrons. The Morgan fingerprint density at radius 1 is 1.12 bits per heavy atom. The Morgan fingerprint density at radius 2 is 1.94 bits per heavy atom. The summed E-state index contributed by atoms with van der Waals surface area (Å²) in [6.07, 6.45) is 3.57. The molecule has 2 aromatic carbocycles. The molecule has 7 heteroatoms. The topological polar surface area (TPSA) is 73.8 Å². The summed E-state index contributed by atoms with van der Waals surface area (Å²) in [7, 11) is 0. The van der Waals surface area contributed by atoms with Gasteiger partial charge in [0, 0.05) is 11.6 Å². The summed E-state index contributed by atoms with van der Waals surface area (Å²) in [5.74, 6) is 0.909. The van der Waals surface area contributed by atoms with Gasteiger partial charge in [0.25, 0.3) is 5.56 Å². The number of para-hydroxylation sites is 2. The molecule has 0 saturated heterocycles. The quantitative estimate of drug-likeness (QED) is 0.281. The van der Waals surface area contributed by atoms with Gasteiger partial charge in [-0.05, 0) is 42.8 Å². The summed E-state index contributed by atoms with van der Waals surface area (Å²) in [5.41, 5.74) is 2.84. The van der Waals surface area contributed by atoms with E-state index in [0.29, 0.717) is 33.2 Å². The summed E-state index contributed by atoms with van der Waals surface area (Å²) in [6.45, 7) is 2.48. The van der Waals surface area contributed by atoms with Crippen LogP contribution in [0.3, 0.4) is 0 Å². The number of rotatable bonds is 6. The molecule has 0 spiro atoms. The fourth-order valence-electron chi connectivity index (χ4n) is 3.49. The predicted octanol–water partition coefficient (Wildman–Crippen LogP) is 4.67. The van der Waals surface area contributed by atoms with Gasteiger partial charge in [-0.25, -0.2) is 14.2 Å². The summed E-state index contributed by atoms with van der Waals surface area (Å²) < 4.78 is 13.4. The van der Waals surface area contributed by atoms with Crippen LogP contribution < -0.4 is 10.1 Å². The number of unbranched alkanes of at least 4 members (excludes halogenated alkanes) is 1. The summed E-state index contributed by atoms with van der Waals surface area (Å²) in [4.78, 5) is 30.1. The van der Waals surface area contributed by atoms with Gasteiger partial charge in [0.1, 0.15) is 16.1 Å². The van der Waals surface area contributed by atoms with Gasteiger partial charge in [-0.1, -0.05) is 48.9 Å². The molecule has 0 amide bonds. The highest BCUT2D eigenvalue weighted by Gasteiger charge is 2.12. The minimum Gasteiger partial charge on any atom is -0.462 e. The first-order valence-corrected chi connectivity index (χ1v) is 11.2. The molecule has 0 unspecified atom stereocenters. The van der Waals surface area contributed by atoms with Crippen molar-refractivity contribution >= 4 is 39.4 Å². The first-order chi connectivity index (χ1) is 15.6. The van der Waals surface area contributed by atoms with E-state index in [0.717, 1.165) is 29.4 Å². The molecule has 0 N–H and O–H groups in total. The van der Waals surface area contributed by atoms with Gasteiger partial charge in [0.05, 0.1) is 23.2 Å². The fraction of sp³-hybridized carbons (Fsp3) is 0.160. The number of aromatic nitrogens is 2. The van der Waals surface area contributed by atoms with E-state index in [-0.39, 0.29) is 11.5 Å². The van der Waals surface area contributed by atoms with Crippen molar-refractivity contribution < 1.29 is 13.9 Å². The van der Waals surface area contributed by atoms with Crippen LogP contribution in [0.1, 0.15) is 35.9 Å². The van der Waals surface area contributed by atoms with Gasteiger partial charge in [-0.15, -0.1) is 0 Å². The molecule has 0 aliphatic carbocycles. The molecule has 5 aromatic rings. The van der Waals surface area contributed by atoms with Crippen molar-refractivity contribution in [1.29, 1.82) is 0 Å². The van der Waals surface area contributed by atoms with E-state index in [2.05, 4.69) is 4.98 Å². The number of thiazole rings is 1. The number of furan rings is 1. The smallest absolute Gasteiger partial charge is 0.338 e. The largest absolute Gasteiger partial charge is 0.462 e. The van der Waals surface area contributed by atoms with Crippen LogP contribution >= 0.6 is 11.3 Å². The summed E-state index contributed by atoms with van der Waals surface area (Å²) in [6, 6.07) is 18.4. The second-order valence-electron chi connectivity index (χ2n) is 7.40. The number of ether oxygens (including phenoxy) is 1. The summed E-state index contributed by atoms with van der Waals surface area (Å²) >= 11 is 1.34. The number of nitrogens with zero attached hydrogens (tertiary/aromatic N) is 2. The lowest BCUT2D eigenvalue weighted by Crippen LogP contribution is -2.22. The number of carbonyl (C=O) groups is 1. The molecule has 0 aliphatic heterocycles. The number of imidazole rings is 1. The van der Waals surface area contributed by atoms with Crippen molar-refractivity contribution in [1.82, 2.24) is 9.38 Å². The highest BCUT2D eigenvalue weighted by atomic mass is 32.1. The molecule has 32 heavy (non-hydrogen) atoms. The predicted molar refractivity (Wildman–Crippen MR) is 125 cm³/mol. The SMILES string of the molecule is CCCCOC(=O)c1ccc(-c2ccc(/C=c3\sc4nc5ccccc5n4c3=O)o2)cc1. The molecule has 0 bridgehead atoms. The zero-order valence-electron chi connectivity index (χ0n) is 17.4. The van der Waals surface area contributed by atoms with E-state index in [1.165, 1.54) is 11.3 Å². The molecule has 0 atom stereocenters. The van der Waals surface area contributed by atoms with Crippen LogP contribution in [0, 0.1) is 0 Å². The van der Waals surface area contributed by atoms with Crippen LogP contribution in [0.25, 0.3) is 33.4 Å². The fourth-order valence-corrected chi connectivity index (χ4v) is 4.46. The molecule has 3 aromatic heterocycles. The minimum atomic E-state index is -0.323. The Balaban J connectivity index is 1.40. The lowest BCUT2D eigenvalue weighted by atomic mass is 10.1. The molecule has 3 heterocycles. The average Bonchev–Trinajstić information content (AvgIpc) is 3.50. The third kappa shape index (κ3) is 3.71. The van der Waals surface area contributed by atoms with Crippen LogP contribution in [-0.2, 0) is 4.74 Å². The monoisotopic (exact) mass is 444 g/mol. The van der Waals surface area contributed by atoms with E-state index in [9.17, 15) is 9.59 Å². The summed E-state index contributed by atoms with van der Waals surface area (Å²) in [5, 5.41) is 0. The first kappa shape index (κ1) is 20.2. The van der Waals surface area contributed by atoms with E-state index in [4.69, 9.17) is 9.15 Å². The molecule has 160 valence electrons. The van der Waals surface area contributed by atoms with Crippen LogP contribution in [0.15, 0.2) is 69.9 Å². The van der Waals surface area contributed by atoms with Crippen molar-refractivity contribution in [2.75, 3.05) is 6.61 Å². The number of esters is 1. The molecule has 6 nitrogen and oxygen atoms in total. The Kier molecular flexibility index (Phi) is 5.33. The van der Waals surface area contributed by atoms with Gasteiger partial charge in [0.15, 0.2) is 4.96 Å². The Bertz CT molecular complexity index is 1530. The second kappa shape index (κ2) is 8.43. The highest BCUT2D eigenvalue weighted by molar-refractivity contribution is 7.15. The van der Waals surface area contributed by atoms with Gasteiger partial charge in [0.2, 0.25) is 0 Å². The van der Waals surface area contributed by atoms with E-state index in [1.54, 1.807) is 22.6 Å². The van der Waals surface area contributed by atoms with E-state index < -0.39 is 0 Å². The Morgan fingerprint density at radius 3 is 2.75 bits per heavy atom. The number of hydrogen-bond donors (Lipinski definition) is 0. The molecule has 0 saturated carbocycles. The molecular formula is C25H20N2O4S. The zero-order valence-corrected chi connectivity index (χ0v) is 18.2. The van der Waals surface area contributed by atoms with Crippen LogP contribution in [0.5, 0.6) is 0 Å². The van der Waals surface area contributed by atoms with Gasteiger partial charge < -0.3 is 9.15 Å². The standard InChI is InChI=1S/C25H20N2O4S/c1-2-3-14-30-24(29)17-10-8-16(9-11-17)21-13-12-18(31-21)15-22-23(28)27-20-7-5-4-6-19(20)26-25(27)32-22/h4-13,15H,2-3,14H2,1H3/b22-15-. The highest BCUT2D eigenvalue weighted by Crippen LogP contribution is 2.23. The van der Waals surface area contributed by atoms with Crippen molar-refractivity contribution in [3.63, 3.8) is 0 Å². The van der Waals surface area contributed by atoms with Crippen molar-refractivity contribution in [3.8, 4) is 11.3 Å². The molecule has 0 aliphatic rings. The number of benzene rings is 2. The average molecular weight is 445 g/mol. The van der Waals surface area contributed by atoms with Crippen molar-refractivity contribution in [3.05, 3.63) is 86.9 Å². The zero-order chi connectivity index (χ0) is 22.1. The van der Waals surface area contributed by atoms with E-state index in [1.807, 2.05) is 55.5 Å². The second-order valence-corrected chi connectivity index (χ2v) is 8.41. The lowest BCUT2D eigenvalue weighted by molar-refractivity contribution is 0.0500. The number of hydrogen-bond acceptors (Lipinski definition) is 6. The van der Waals surface area contributed by atoms with Gasteiger partial charge in [-0.3, -0.25) is 4.79 Å². The van der Waals surface area contributed by atoms with Crippen molar-refractivity contribution in [2.45, 2.75) is 19.8 Å². The third-order valence-electron chi connectivity index (χ3n) is 5.18. The maximum Gasteiger partial charge on any atom is 0.338 e. The first-order valence-electron chi connectivity index (χ1n) is 10.4. The van der Waals surface area contributed by atoms with Crippen molar-refractivity contribution in [2.24, 2.45) is 0 Å². The maximum absolute atomic E-state index is 12.9. The minimum absolute atomic E-state index is 0.109. The number of carbonyl (C=O) groups excluding carboxylic acids is 1. The molecule has 5 rings (SSSR count). The van der Waals surface area contributed by atoms with Crippen LogP contribution in [0.4, 0.5) is 0 Å². The van der Waals surface area contributed by atoms with E-state index >= 15 is 0 Å². The Labute approximate surface area is 187 Å². The number of fused-ring (bicyclic) bond motifs is 3. The normalized spacial score (nSPS) is 12.1. The van der Waals surface area contributed by atoms with Crippen LogP contribution in [0.2, 0.25) is 0 Å². The van der Waals surface area contributed by atoms with Crippen LogP contribution in [-0.4, -0.2) is 22.0 Å². The molecular weight excluding hydrogens is 424 g/mol. The lowest BCUT2D eigenvalue weighted by Gasteiger charge is -2.04. The Hall–Kier alpha value is -3.71. The van der Waals surface area contributed by atoms with Gasteiger partial charge >= 0.3 is 5.97 Å². The maximum atomic E-state index is 12.9. The van der Waals surface area contributed by atoms with Gasteiger partial charge in [-0.2, -0.15) is 0 Å². The third-order valence-corrected chi connectivity index (χ3v) is 6.15.